The fourth-order valence-electron chi connectivity index (χ4n) is 2.43. The Morgan fingerprint density at radius 1 is 1.42 bits per heavy atom. The van der Waals surface area contributed by atoms with Gasteiger partial charge in [0.15, 0.2) is 0 Å². The molecule has 2 N–H and O–H groups in total. The molecule has 6 heteroatoms. The molecule has 19 heavy (non-hydrogen) atoms. The molecule has 0 saturated heterocycles. The quantitative estimate of drug-likeness (QED) is 0.641. The maximum absolute atomic E-state index is 11.1. The second-order valence-electron chi connectivity index (χ2n) is 4.67. The normalized spacial score (nSPS) is 22.5. The number of para-hydroxylation sites is 1. The number of nitriles is 1. The molecular weight excluding hydrogens is 246 g/mol. The van der Waals surface area contributed by atoms with Crippen molar-refractivity contribution in [1.82, 2.24) is 0 Å². The van der Waals surface area contributed by atoms with Crippen LogP contribution in [0.1, 0.15) is 31.2 Å². The summed E-state index contributed by atoms with van der Waals surface area (Å²) in [5, 5.41) is 32.9. The summed E-state index contributed by atoms with van der Waals surface area (Å²) in [7, 11) is 0. The summed E-state index contributed by atoms with van der Waals surface area (Å²) >= 11 is 0. The predicted molar refractivity (Wildman–Crippen MR) is 69.7 cm³/mol. The number of aliphatic hydroxyl groups excluding tert-OH is 1. The molecule has 100 valence electrons. The number of anilines is 1. The van der Waals surface area contributed by atoms with Crippen molar-refractivity contribution < 1.29 is 10.0 Å². The van der Waals surface area contributed by atoms with Crippen LogP contribution in [0.25, 0.3) is 0 Å². The summed E-state index contributed by atoms with van der Waals surface area (Å²) in [6.45, 7) is 0. The number of nitro benzene ring substituents is 1. The van der Waals surface area contributed by atoms with Crippen LogP contribution in [-0.4, -0.2) is 22.2 Å². The molecule has 2 rings (SSSR count). The van der Waals surface area contributed by atoms with E-state index in [-0.39, 0.29) is 17.3 Å². The molecule has 1 aliphatic carbocycles. The van der Waals surface area contributed by atoms with E-state index >= 15 is 0 Å². The van der Waals surface area contributed by atoms with Gasteiger partial charge >= 0.3 is 5.69 Å². The van der Waals surface area contributed by atoms with Crippen LogP contribution in [-0.2, 0) is 0 Å². The van der Waals surface area contributed by atoms with Gasteiger partial charge in [-0.2, -0.15) is 5.26 Å². The molecule has 1 aromatic rings. The van der Waals surface area contributed by atoms with Gasteiger partial charge in [-0.25, -0.2) is 0 Å². The average molecular weight is 261 g/mol. The van der Waals surface area contributed by atoms with E-state index < -0.39 is 11.0 Å². The highest BCUT2D eigenvalue weighted by Gasteiger charge is 2.26. The molecule has 1 saturated carbocycles. The van der Waals surface area contributed by atoms with E-state index in [9.17, 15) is 15.2 Å². The Labute approximate surface area is 110 Å². The third kappa shape index (κ3) is 2.83. The lowest BCUT2D eigenvalue weighted by Crippen LogP contribution is -2.36. The molecule has 1 aliphatic rings. The number of nitrogens with zero attached hydrogens (tertiary/aromatic N) is 2. The van der Waals surface area contributed by atoms with Gasteiger partial charge in [0.05, 0.1) is 17.1 Å². The van der Waals surface area contributed by atoms with Gasteiger partial charge < -0.3 is 10.4 Å². The molecule has 2 atom stereocenters. The highest BCUT2D eigenvalue weighted by Crippen LogP contribution is 2.31. The van der Waals surface area contributed by atoms with Gasteiger partial charge in [-0.1, -0.05) is 18.9 Å². The Kier molecular flexibility index (Phi) is 3.97. The smallest absolute Gasteiger partial charge is 0.309 e. The van der Waals surface area contributed by atoms with Crippen molar-refractivity contribution in [2.75, 3.05) is 5.32 Å². The molecule has 0 spiro atoms. The number of hydrogen-bond acceptors (Lipinski definition) is 5. The molecule has 1 aromatic carbocycles. The van der Waals surface area contributed by atoms with Crippen LogP contribution in [0.4, 0.5) is 11.4 Å². The van der Waals surface area contributed by atoms with Crippen LogP contribution in [0.2, 0.25) is 0 Å². The van der Waals surface area contributed by atoms with Crippen LogP contribution in [0.5, 0.6) is 0 Å². The maximum Gasteiger partial charge on any atom is 0.309 e. The molecular formula is C13H15N3O3. The molecule has 2 unspecified atom stereocenters. The first-order chi connectivity index (χ1) is 9.13. The Balaban J connectivity index is 2.29. The monoisotopic (exact) mass is 261 g/mol. The molecule has 0 aliphatic heterocycles. The Bertz CT molecular complexity index is 524. The van der Waals surface area contributed by atoms with Crippen LogP contribution < -0.4 is 5.32 Å². The highest BCUT2D eigenvalue weighted by molar-refractivity contribution is 5.68. The number of benzene rings is 1. The lowest BCUT2D eigenvalue weighted by molar-refractivity contribution is -0.384. The van der Waals surface area contributed by atoms with Gasteiger partial charge in [0.25, 0.3) is 0 Å². The second kappa shape index (κ2) is 5.67. The van der Waals surface area contributed by atoms with Crippen molar-refractivity contribution in [1.29, 1.82) is 5.26 Å². The zero-order valence-electron chi connectivity index (χ0n) is 10.4. The summed E-state index contributed by atoms with van der Waals surface area (Å²) < 4.78 is 0. The number of hydrogen-bond donors (Lipinski definition) is 2. The van der Waals surface area contributed by atoms with Gasteiger partial charge in [-0.3, -0.25) is 10.1 Å². The van der Waals surface area contributed by atoms with Gasteiger partial charge in [0.1, 0.15) is 17.3 Å². The van der Waals surface area contributed by atoms with E-state index in [1.54, 1.807) is 12.1 Å². The van der Waals surface area contributed by atoms with Crippen molar-refractivity contribution in [2.45, 2.75) is 37.8 Å². The first kappa shape index (κ1) is 13.3. The van der Waals surface area contributed by atoms with Gasteiger partial charge in [-0.05, 0) is 25.0 Å². The first-order valence-corrected chi connectivity index (χ1v) is 6.25. The maximum atomic E-state index is 11.1. The zero-order chi connectivity index (χ0) is 13.8. The molecule has 0 aromatic heterocycles. The third-order valence-electron chi connectivity index (χ3n) is 3.41. The summed E-state index contributed by atoms with van der Waals surface area (Å²) in [5.41, 5.74) is 0.109. The number of nitrogens with one attached hydrogen (secondary N) is 1. The first-order valence-electron chi connectivity index (χ1n) is 6.25. The summed E-state index contributed by atoms with van der Waals surface area (Å²) in [6, 6.07) is 6.22. The SMILES string of the molecule is N#Cc1cccc(NC2CCCCC2O)c1[N+](=O)[O-]. The molecule has 0 bridgehead atoms. The summed E-state index contributed by atoms with van der Waals surface area (Å²) in [4.78, 5) is 10.5. The van der Waals surface area contributed by atoms with Crippen molar-refractivity contribution in [3.05, 3.63) is 33.9 Å². The van der Waals surface area contributed by atoms with Crippen molar-refractivity contribution in [2.24, 2.45) is 0 Å². The van der Waals surface area contributed by atoms with E-state index in [4.69, 9.17) is 5.26 Å². The molecule has 1 fully saturated rings. The van der Waals surface area contributed by atoms with Crippen LogP contribution in [0, 0.1) is 21.4 Å². The largest absolute Gasteiger partial charge is 0.391 e. The van der Waals surface area contributed by atoms with E-state index in [0.717, 1.165) is 19.3 Å². The molecule has 0 amide bonds. The van der Waals surface area contributed by atoms with Crippen molar-refractivity contribution >= 4 is 11.4 Å². The fourth-order valence-corrected chi connectivity index (χ4v) is 2.43. The average Bonchev–Trinajstić information content (AvgIpc) is 2.40. The van der Waals surface area contributed by atoms with Gasteiger partial charge in [0.2, 0.25) is 0 Å². The van der Waals surface area contributed by atoms with Crippen molar-refractivity contribution in [3.8, 4) is 6.07 Å². The lowest BCUT2D eigenvalue weighted by Gasteiger charge is -2.29. The third-order valence-corrected chi connectivity index (χ3v) is 3.41. The zero-order valence-corrected chi connectivity index (χ0v) is 10.4. The van der Waals surface area contributed by atoms with E-state index in [1.807, 2.05) is 6.07 Å². The fraction of sp³-hybridized carbons (Fsp3) is 0.462. The topological polar surface area (TPSA) is 99.2 Å². The van der Waals surface area contributed by atoms with Crippen molar-refractivity contribution in [3.63, 3.8) is 0 Å². The number of aliphatic hydroxyl groups is 1. The number of rotatable bonds is 3. The van der Waals surface area contributed by atoms with Gasteiger partial charge in [0, 0.05) is 0 Å². The Morgan fingerprint density at radius 2 is 2.16 bits per heavy atom. The highest BCUT2D eigenvalue weighted by atomic mass is 16.6. The Morgan fingerprint density at radius 3 is 2.79 bits per heavy atom. The minimum Gasteiger partial charge on any atom is -0.391 e. The minimum absolute atomic E-state index is 0.0281. The lowest BCUT2D eigenvalue weighted by atomic mass is 9.92. The van der Waals surface area contributed by atoms with Crippen LogP contribution in [0.15, 0.2) is 18.2 Å². The van der Waals surface area contributed by atoms with E-state index in [1.165, 1.54) is 6.07 Å². The van der Waals surface area contributed by atoms with E-state index in [0.29, 0.717) is 12.1 Å². The molecule has 6 nitrogen and oxygen atoms in total. The van der Waals surface area contributed by atoms with Crippen LogP contribution >= 0.6 is 0 Å². The second-order valence-corrected chi connectivity index (χ2v) is 4.67. The van der Waals surface area contributed by atoms with Crippen LogP contribution in [0.3, 0.4) is 0 Å². The molecule has 0 heterocycles. The Hall–Kier alpha value is -2.13. The number of nitro groups is 1. The van der Waals surface area contributed by atoms with E-state index in [2.05, 4.69) is 5.32 Å². The minimum atomic E-state index is -0.559. The predicted octanol–water partition coefficient (Wildman–Crippen LogP) is 2.18. The summed E-state index contributed by atoms with van der Waals surface area (Å²) in [6.07, 6.45) is 2.93. The molecule has 0 radical (unpaired) electrons. The summed E-state index contributed by atoms with van der Waals surface area (Å²) in [5.74, 6) is 0. The van der Waals surface area contributed by atoms with Gasteiger partial charge in [-0.15, -0.1) is 0 Å². The standard InChI is InChI=1S/C13H15N3O3/c14-8-9-4-3-6-11(13(9)16(18)19)15-10-5-1-2-7-12(10)17/h3-4,6,10,12,15,17H,1-2,5,7H2.